The van der Waals surface area contributed by atoms with Crippen molar-refractivity contribution in [3.05, 3.63) is 23.0 Å². The van der Waals surface area contributed by atoms with Gasteiger partial charge in [0.1, 0.15) is 6.04 Å². The molecule has 0 aromatic carbocycles. The third-order valence-corrected chi connectivity index (χ3v) is 4.03. The lowest BCUT2D eigenvalue weighted by atomic mass is 9.88. The highest BCUT2D eigenvalue weighted by molar-refractivity contribution is 6.23. The molecule has 110 valence electrons. The number of nitrogens with one attached hydrogen (secondary N) is 1. The summed E-state index contributed by atoms with van der Waals surface area (Å²) in [5.74, 6) is -2.34. The number of carbonyl (C=O) groups excluding carboxylic acids is 4. The highest BCUT2D eigenvalue weighted by atomic mass is 16.3. The number of hydrogen-bond acceptors (Lipinski definition) is 5. The Labute approximate surface area is 120 Å². The molecule has 3 aliphatic rings. The molecule has 0 radical (unpaired) electrons. The highest BCUT2D eigenvalue weighted by Gasteiger charge is 2.47. The molecule has 2 aliphatic heterocycles. The summed E-state index contributed by atoms with van der Waals surface area (Å²) in [5, 5.41) is 11.8. The van der Waals surface area contributed by atoms with Crippen LogP contribution in [-0.2, 0) is 19.2 Å². The molecule has 2 unspecified atom stereocenters. The lowest BCUT2D eigenvalue weighted by molar-refractivity contribution is -0.150. The molecule has 21 heavy (non-hydrogen) atoms. The van der Waals surface area contributed by atoms with E-state index in [1.807, 2.05) is 0 Å². The summed E-state index contributed by atoms with van der Waals surface area (Å²) in [4.78, 5) is 48.8. The third kappa shape index (κ3) is 1.96. The molecule has 2 N–H and O–H groups in total. The van der Waals surface area contributed by atoms with Crippen molar-refractivity contribution in [3.63, 3.8) is 0 Å². The highest BCUT2D eigenvalue weighted by Crippen LogP contribution is 2.36. The van der Waals surface area contributed by atoms with E-state index < -0.39 is 29.7 Å². The van der Waals surface area contributed by atoms with Gasteiger partial charge in [-0.15, -0.1) is 0 Å². The predicted octanol–water partition coefficient (Wildman–Crippen LogP) is -0.0613. The smallest absolute Gasteiger partial charge is 0.262 e. The fourth-order valence-electron chi connectivity index (χ4n) is 3.05. The molecule has 0 aromatic heterocycles. The minimum absolute atomic E-state index is 0.0486. The van der Waals surface area contributed by atoms with Crippen LogP contribution in [0.15, 0.2) is 23.0 Å². The molecule has 0 bridgehead atoms. The Balaban J connectivity index is 1.94. The summed E-state index contributed by atoms with van der Waals surface area (Å²) in [6.45, 7) is 1.75. The largest absolute Gasteiger partial charge is 0.512 e. The van der Waals surface area contributed by atoms with Gasteiger partial charge in [-0.25, -0.2) is 0 Å². The van der Waals surface area contributed by atoms with Crippen LogP contribution in [0, 0.1) is 5.92 Å². The molecule has 2 heterocycles. The first-order chi connectivity index (χ1) is 9.90. The van der Waals surface area contributed by atoms with Crippen LogP contribution in [0.3, 0.4) is 0 Å². The van der Waals surface area contributed by atoms with Gasteiger partial charge in [-0.2, -0.15) is 0 Å². The number of piperidine rings is 1. The second kappa shape index (κ2) is 4.54. The maximum absolute atomic E-state index is 12.5. The molecule has 0 spiro atoms. The summed E-state index contributed by atoms with van der Waals surface area (Å²) >= 11 is 0. The van der Waals surface area contributed by atoms with Crippen molar-refractivity contribution in [1.29, 1.82) is 0 Å². The second-order valence-corrected chi connectivity index (χ2v) is 5.52. The van der Waals surface area contributed by atoms with Crippen molar-refractivity contribution in [3.8, 4) is 0 Å². The van der Waals surface area contributed by atoms with Gasteiger partial charge in [0.15, 0.2) is 0 Å². The van der Waals surface area contributed by atoms with Gasteiger partial charge in [0, 0.05) is 18.4 Å². The van der Waals surface area contributed by atoms with Crippen molar-refractivity contribution in [2.45, 2.75) is 32.2 Å². The summed E-state index contributed by atoms with van der Waals surface area (Å²) < 4.78 is 0. The average molecular weight is 290 g/mol. The molecule has 2 atom stereocenters. The Morgan fingerprint density at radius 2 is 1.95 bits per heavy atom. The van der Waals surface area contributed by atoms with E-state index in [1.165, 1.54) is 6.08 Å². The van der Waals surface area contributed by atoms with Crippen molar-refractivity contribution in [2.75, 3.05) is 0 Å². The molecule has 7 nitrogen and oxygen atoms in total. The minimum atomic E-state index is -0.962. The van der Waals surface area contributed by atoms with Crippen molar-refractivity contribution in [2.24, 2.45) is 5.92 Å². The van der Waals surface area contributed by atoms with Crippen LogP contribution >= 0.6 is 0 Å². The van der Waals surface area contributed by atoms with Gasteiger partial charge >= 0.3 is 0 Å². The Morgan fingerprint density at radius 1 is 1.24 bits per heavy atom. The number of aliphatic hydroxyl groups excluding tert-OH is 1. The maximum Gasteiger partial charge on any atom is 0.262 e. The van der Waals surface area contributed by atoms with Gasteiger partial charge in [-0.05, 0) is 18.4 Å². The van der Waals surface area contributed by atoms with Crippen LogP contribution in [0.4, 0.5) is 0 Å². The molecule has 1 aliphatic carbocycles. The Morgan fingerprint density at radius 3 is 2.62 bits per heavy atom. The van der Waals surface area contributed by atoms with Crippen LogP contribution in [0.2, 0.25) is 0 Å². The van der Waals surface area contributed by atoms with Gasteiger partial charge in [0.05, 0.1) is 11.3 Å². The first-order valence-electron chi connectivity index (χ1n) is 6.75. The van der Waals surface area contributed by atoms with Crippen molar-refractivity contribution in [1.82, 2.24) is 10.2 Å². The van der Waals surface area contributed by atoms with Crippen molar-refractivity contribution >= 4 is 23.6 Å². The van der Waals surface area contributed by atoms with Crippen LogP contribution in [0.1, 0.15) is 26.2 Å². The molecule has 3 rings (SSSR count). The molecular weight excluding hydrogens is 276 g/mol. The number of allylic oxidation sites excluding steroid dienone is 1. The average Bonchev–Trinajstić information content (AvgIpc) is 2.63. The zero-order valence-corrected chi connectivity index (χ0v) is 11.4. The zero-order valence-electron chi connectivity index (χ0n) is 11.4. The molecular formula is C14H14N2O5. The Bertz CT molecular complexity index is 646. The fourth-order valence-corrected chi connectivity index (χ4v) is 3.05. The maximum atomic E-state index is 12.5. The van der Waals surface area contributed by atoms with Gasteiger partial charge in [-0.1, -0.05) is 6.92 Å². The fraction of sp³-hybridized carbons (Fsp3) is 0.429. The van der Waals surface area contributed by atoms with Crippen molar-refractivity contribution < 1.29 is 24.3 Å². The van der Waals surface area contributed by atoms with E-state index in [2.05, 4.69) is 5.32 Å². The van der Waals surface area contributed by atoms with Gasteiger partial charge in [0.2, 0.25) is 11.8 Å². The normalized spacial score (nSPS) is 29.6. The molecule has 4 amide bonds. The molecule has 1 saturated heterocycles. The third-order valence-electron chi connectivity index (χ3n) is 4.03. The number of imide groups is 2. The monoisotopic (exact) mass is 290 g/mol. The van der Waals surface area contributed by atoms with E-state index in [1.54, 1.807) is 6.92 Å². The number of nitrogens with zero attached hydrogens (tertiary/aromatic N) is 1. The van der Waals surface area contributed by atoms with E-state index in [9.17, 15) is 24.3 Å². The van der Waals surface area contributed by atoms with E-state index in [0.717, 1.165) is 4.90 Å². The summed E-state index contributed by atoms with van der Waals surface area (Å²) in [7, 11) is 0. The van der Waals surface area contributed by atoms with E-state index in [-0.39, 0.29) is 30.1 Å². The topological polar surface area (TPSA) is 104 Å². The predicted molar refractivity (Wildman–Crippen MR) is 69.5 cm³/mol. The van der Waals surface area contributed by atoms with Crippen LogP contribution in [0.25, 0.3) is 0 Å². The summed E-state index contributed by atoms with van der Waals surface area (Å²) in [6, 6.07) is -0.962. The zero-order chi connectivity index (χ0) is 15.3. The first-order valence-corrected chi connectivity index (χ1v) is 6.75. The number of hydrogen-bond donors (Lipinski definition) is 2. The van der Waals surface area contributed by atoms with Crippen LogP contribution in [-0.4, -0.2) is 39.7 Å². The molecule has 1 fully saturated rings. The van der Waals surface area contributed by atoms with Gasteiger partial charge in [0.25, 0.3) is 11.8 Å². The quantitative estimate of drug-likeness (QED) is 0.658. The van der Waals surface area contributed by atoms with Gasteiger partial charge in [-0.3, -0.25) is 29.4 Å². The first kappa shape index (κ1) is 13.5. The lowest BCUT2D eigenvalue weighted by Crippen LogP contribution is -2.54. The van der Waals surface area contributed by atoms with Gasteiger partial charge < -0.3 is 5.11 Å². The van der Waals surface area contributed by atoms with E-state index in [0.29, 0.717) is 12.0 Å². The number of carbonyl (C=O) groups is 4. The van der Waals surface area contributed by atoms with E-state index in [4.69, 9.17) is 0 Å². The molecule has 7 heteroatoms. The number of rotatable bonds is 1. The number of aliphatic hydroxyl groups is 1. The lowest BCUT2D eigenvalue weighted by Gasteiger charge is -2.28. The number of amides is 4. The Hall–Kier alpha value is -2.44. The SMILES string of the molecule is CC1CC(O)=CC2=C1C(=O)N(C1CCC(=O)NC1=O)C2=O. The van der Waals surface area contributed by atoms with Crippen LogP contribution in [0.5, 0.6) is 0 Å². The molecule has 0 aromatic rings. The summed E-state index contributed by atoms with van der Waals surface area (Å²) in [6.07, 6.45) is 1.81. The van der Waals surface area contributed by atoms with Crippen LogP contribution < -0.4 is 5.32 Å². The van der Waals surface area contributed by atoms with E-state index >= 15 is 0 Å². The molecule has 0 saturated carbocycles. The summed E-state index contributed by atoms with van der Waals surface area (Å²) in [5.41, 5.74) is 0.489. The second-order valence-electron chi connectivity index (χ2n) is 5.52. The minimum Gasteiger partial charge on any atom is -0.512 e. The standard InChI is InChI=1S/C14H14N2O5/c1-6-4-7(17)5-8-11(6)14(21)16(13(8)20)9-2-3-10(18)15-12(9)19/h5-6,9,17H,2-4H2,1H3,(H,15,18,19). The Kier molecular flexibility index (Phi) is 2.93.